The van der Waals surface area contributed by atoms with Crippen molar-refractivity contribution in [1.29, 1.82) is 0 Å². The van der Waals surface area contributed by atoms with Crippen molar-refractivity contribution >= 4 is 39.1 Å². The molecule has 0 aliphatic carbocycles. The van der Waals surface area contributed by atoms with E-state index in [1.807, 2.05) is 0 Å². The monoisotopic (exact) mass is 426 g/mol. The number of amides is 1. The summed E-state index contributed by atoms with van der Waals surface area (Å²) in [6.07, 6.45) is 0.998. The number of hydrogen-bond donors (Lipinski definition) is 2. The van der Waals surface area contributed by atoms with E-state index >= 15 is 0 Å². The second-order valence-corrected chi connectivity index (χ2v) is 8.74. The molecule has 0 aliphatic heterocycles. The summed E-state index contributed by atoms with van der Waals surface area (Å²) in [6.45, 7) is 3.38. The molecular formula is C16H24Cl2N2O5S. The smallest absolute Gasteiger partial charge is 0.238 e. The lowest BCUT2D eigenvalue weighted by Gasteiger charge is -2.33. The van der Waals surface area contributed by atoms with Gasteiger partial charge in [-0.25, -0.2) is 13.1 Å². The zero-order valence-corrected chi connectivity index (χ0v) is 17.6. The highest BCUT2D eigenvalue weighted by Crippen LogP contribution is 2.33. The molecule has 1 unspecified atom stereocenters. The summed E-state index contributed by atoms with van der Waals surface area (Å²) in [5.41, 5.74) is 0.478. The minimum atomic E-state index is -3.55. The molecule has 0 saturated heterocycles. The van der Waals surface area contributed by atoms with Gasteiger partial charge in [-0.15, -0.1) is 0 Å². The largest absolute Gasteiger partial charge is 0.349 e. The predicted molar refractivity (Wildman–Crippen MR) is 102 cm³/mol. The van der Waals surface area contributed by atoms with Crippen LogP contribution in [0, 0.1) is 5.92 Å². The fraction of sp³-hybridized carbons (Fsp3) is 0.562. The maximum atomic E-state index is 12.5. The number of ether oxygens (including phenoxy) is 2. The molecule has 1 atom stereocenters. The molecule has 1 aromatic rings. The Morgan fingerprint density at radius 2 is 1.81 bits per heavy atom. The van der Waals surface area contributed by atoms with Crippen LogP contribution in [0.2, 0.25) is 10.0 Å². The summed E-state index contributed by atoms with van der Waals surface area (Å²) in [5.74, 6) is -2.12. The van der Waals surface area contributed by atoms with Crippen molar-refractivity contribution in [3.05, 3.63) is 33.8 Å². The average Bonchev–Trinajstić information content (AvgIpc) is 2.53. The van der Waals surface area contributed by atoms with Crippen molar-refractivity contribution in [1.82, 2.24) is 10.0 Å². The lowest BCUT2D eigenvalue weighted by molar-refractivity contribution is -0.212. The summed E-state index contributed by atoms with van der Waals surface area (Å²) in [4.78, 5) is 12.5. The van der Waals surface area contributed by atoms with E-state index in [0.717, 1.165) is 6.26 Å². The van der Waals surface area contributed by atoms with Gasteiger partial charge in [0.2, 0.25) is 21.7 Å². The number of sulfonamides is 1. The van der Waals surface area contributed by atoms with Crippen LogP contribution in [0.5, 0.6) is 0 Å². The Balaban J connectivity index is 3.05. The van der Waals surface area contributed by atoms with E-state index in [1.165, 1.54) is 20.3 Å². The first-order valence-electron chi connectivity index (χ1n) is 7.76. The van der Waals surface area contributed by atoms with Crippen LogP contribution in [-0.4, -0.2) is 47.4 Å². The van der Waals surface area contributed by atoms with Gasteiger partial charge in [0.1, 0.15) is 6.04 Å². The van der Waals surface area contributed by atoms with E-state index in [2.05, 4.69) is 10.0 Å². The van der Waals surface area contributed by atoms with Crippen molar-refractivity contribution in [2.24, 2.45) is 5.92 Å². The topological polar surface area (TPSA) is 93.7 Å². The maximum Gasteiger partial charge on any atom is 0.238 e. The highest BCUT2D eigenvalue weighted by molar-refractivity contribution is 7.88. The van der Waals surface area contributed by atoms with E-state index in [9.17, 15) is 13.2 Å². The van der Waals surface area contributed by atoms with Crippen molar-refractivity contribution in [3.63, 3.8) is 0 Å². The molecule has 0 aromatic heterocycles. The zero-order valence-electron chi connectivity index (χ0n) is 15.3. The van der Waals surface area contributed by atoms with Crippen LogP contribution in [0.1, 0.15) is 19.4 Å². The number of nitrogens with one attached hydrogen (secondary N) is 2. The quantitative estimate of drug-likeness (QED) is 0.589. The molecule has 1 amide bonds. The summed E-state index contributed by atoms with van der Waals surface area (Å²) in [6, 6.07) is 3.87. The zero-order chi connectivity index (χ0) is 20.1. The van der Waals surface area contributed by atoms with E-state index in [4.69, 9.17) is 32.7 Å². The first-order chi connectivity index (χ1) is 12.0. The van der Waals surface area contributed by atoms with Gasteiger partial charge in [-0.3, -0.25) is 4.79 Å². The molecule has 7 nitrogen and oxygen atoms in total. The molecule has 0 heterocycles. The Kier molecular flexibility index (Phi) is 8.32. The molecule has 0 fully saturated rings. The number of rotatable bonds is 9. The standard InChI is InChI=1S/C16H24Cl2N2O5S/c1-10(2)14(20-26(5,22)23)15(21)19-9-16(24-3,25-4)12-7-6-11(17)8-13(12)18/h6-8,10,14,20H,9H2,1-5H3,(H,19,21). The molecule has 10 heteroatoms. The van der Waals surface area contributed by atoms with E-state index in [-0.39, 0.29) is 12.5 Å². The molecule has 1 aromatic carbocycles. The highest BCUT2D eigenvalue weighted by Gasteiger charge is 2.36. The first kappa shape index (κ1) is 23.1. The van der Waals surface area contributed by atoms with Gasteiger partial charge in [0.15, 0.2) is 0 Å². The summed E-state index contributed by atoms with van der Waals surface area (Å²) < 4.78 is 36.3. The Labute approximate surface area is 164 Å². The number of benzene rings is 1. The first-order valence-corrected chi connectivity index (χ1v) is 10.4. The van der Waals surface area contributed by atoms with Crippen LogP contribution in [0.15, 0.2) is 18.2 Å². The van der Waals surface area contributed by atoms with Gasteiger partial charge < -0.3 is 14.8 Å². The maximum absolute atomic E-state index is 12.5. The van der Waals surface area contributed by atoms with Gasteiger partial charge in [-0.2, -0.15) is 0 Å². The normalized spacial score (nSPS) is 13.7. The summed E-state index contributed by atoms with van der Waals surface area (Å²) >= 11 is 12.2. The van der Waals surface area contributed by atoms with Gasteiger partial charge in [0.05, 0.1) is 17.8 Å². The molecule has 0 aliphatic rings. The highest BCUT2D eigenvalue weighted by atomic mass is 35.5. The minimum Gasteiger partial charge on any atom is -0.349 e. The minimum absolute atomic E-state index is 0.0884. The second kappa shape index (κ2) is 9.34. The number of carbonyl (C=O) groups is 1. The van der Waals surface area contributed by atoms with E-state index in [0.29, 0.717) is 15.6 Å². The lowest BCUT2D eigenvalue weighted by Crippen LogP contribution is -2.53. The van der Waals surface area contributed by atoms with Crippen molar-refractivity contribution < 1.29 is 22.7 Å². The molecule has 0 saturated carbocycles. The number of carbonyl (C=O) groups excluding carboxylic acids is 1. The number of hydrogen-bond acceptors (Lipinski definition) is 5. The van der Waals surface area contributed by atoms with Crippen LogP contribution in [0.4, 0.5) is 0 Å². The fourth-order valence-corrected chi connectivity index (χ4v) is 3.77. The molecule has 1 rings (SSSR count). The van der Waals surface area contributed by atoms with Gasteiger partial charge in [0, 0.05) is 24.8 Å². The Hall–Kier alpha value is -0.900. The Morgan fingerprint density at radius 3 is 2.23 bits per heavy atom. The van der Waals surface area contributed by atoms with Crippen LogP contribution >= 0.6 is 23.2 Å². The fourth-order valence-electron chi connectivity index (χ4n) is 2.38. The van der Waals surface area contributed by atoms with Crippen LogP contribution in [0.25, 0.3) is 0 Å². The van der Waals surface area contributed by atoms with Gasteiger partial charge in [-0.05, 0) is 18.1 Å². The van der Waals surface area contributed by atoms with Gasteiger partial charge in [0.25, 0.3) is 0 Å². The van der Waals surface area contributed by atoms with Gasteiger partial charge in [-0.1, -0.05) is 43.1 Å². The third-order valence-corrected chi connectivity index (χ3v) is 5.02. The van der Waals surface area contributed by atoms with E-state index in [1.54, 1.807) is 26.0 Å². The summed E-state index contributed by atoms with van der Waals surface area (Å²) in [7, 11) is -0.727. The molecule has 2 N–H and O–H groups in total. The third kappa shape index (κ3) is 6.07. The molecule has 0 spiro atoms. The Morgan fingerprint density at radius 1 is 1.23 bits per heavy atom. The van der Waals surface area contributed by atoms with Gasteiger partial charge >= 0.3 is 0 Å². The second-order valence-electron chi connectivity index (χ2n) is 6.11. The molecule has 0 bridgehead atoms. The van der Waals surface area contributed by atoms with Crippen LogP contribution in [0.3, 0.4) is 0 Å². The molecular weight excluding hydrogens is 403 g/mol. The van der Waals surface area contributed by atoms with Crippen molar-refractivity contribution in [2.45, 2.75) is 25.7 Å². The van der Waals surface area contributed by atoms with Crippen molar-refractivity contribution in [2.75, 3.05) is 27.0 Å². The Bertz CT molecular complexity index is 736. The third-order valence-electron chi connectivity index (χ3n) is 3.79. The predicted octanol–water partition coefficient (Wildman–Crippen LogP) is 2.13. The van der Waals surface area contributed by atoms with E-state index < -0.39 is 27.8 Å². The molecule has 0 radical (unpaired) electrons. The average molecular weight is 427 g/mol. The molecule has 26 heavy (non-hydrogen) atoms. The van der Waals surface area contributed by atoms with Crippen LogP contribution < -0.4 is 10.0 Å². The SMILES string of the molecule is COC(CNC(=O)C(NS(C)(=O)=O)C(C)C)(OC)c1ccc(Cl)cc1Cl. The molecule has 148 valence electrons. The van der Waals surface area contributed by atoms with Crippen LogP contribution in [-0.2, 0) is 30.1 Å². The lowest BCUT2D eigenvalue weighted by atomic mass is 10.0. The van der Waals surface area contributed by atoms with Crippen molar-refractivity contribution in [3.8, 4) is 0 Å². The number of methoxy groups -OCH3 is 2. The summed E-state index contributed by atoms with van der Waals surface area (Å²) in [5, 5.41) is 3.42. The number of halogens is 2.